The van der Waals surface area contributed by atoms with Gasteiger partial charge in [0.2, 0.25) is 18.2 Å². The number of carbonyl (C=O) groups is 4. The van der Waals surface area contributed by atoms with E-state index in [1.165, 1.54) is 17.8 Å². The molecule has 2 aromatic rings. The molecule has 0 saturated heterocycles. The zero-order valence-electron chi connectivity index (χ0n) is 23.7. The van der Waals surface area contributed by atoms with Gasteiger partial charge in [0.05, 0.1) is 12.0 Å². The average molecular weight is 587 g/mol. The molecule has 12 heteroatoms. The summed E-state index contributed by atoms with van der Waals surface area (Å²) in [6.45, 7) is 2.34. The first kappa shape index (κ1) is 32.1. The Labute approximate surface area is 245 Å². The molecule has 3 rings (SSSR count). The number of amides is 4. The molecule has 1 aliphatic carbocycles. The van der Waals surface area contributed by atoms with Gasteiger partial charge in [-0.2, -0.15) is 0 Å². The summed E-state index contributed by atoms with van der Waals surface area (Å²) in [7, 11) is 0. The second-order valence-corrected chi connectivity index (χ2v) is 11.4. The van der Waals surface area contributed by atoms with Crippen molar-refractivity contribution in [2.24, 2.45) is 11.8 Å². The van der Waals surface area contributed by atoms with Gasteiger partial charge in [-0.1, -0.05) is 51.5 Å². The van der Waals surface area contributed by atoms with E-state index in [-0.39, 0.29) is 17.7 Å². The molecule has 0 spiro atoms. The van der Waals surface area contributed by atoms with Crippen molar-refractivity contribution in [3.8, 4) is 0 Å². The predicted molar refractivity (Wildman–Crippen MR) is 156 cm³/mol. The highest BCUT2D eigenvalue weighted by atomic mass is 32.1. The van der Waals surface area contributed by atoms with Crippen LogP contribution in [0.1, 0.15) is 88.0 Å². The van der Waals surface area contributed by atoms with E-state index >= 15 is 0 Å². The summed E-state index contributed by atoms with van der Waals surface area (Å²) in [5, 5.41) is 21.7. The number of nitrogens with zero attached hydrogens (tertiary/aromatic N) is 3. The fraction of sp³-hybridized carbons (Fsp3) is 0.586. The quantitative estimate of drug-likeness (QED) is 0.0939. The molecule has 1 saturated carbocycles. The van der Waals surface area contributed by atoms with Crippen LogP contribution in [-0.2, 0) is 14.4 Å². The SMILES string of the molecule is CCC[C@@H]([C@@H](CC1CCCCC1)C(=O)N[C@@H](CCCCNC(=O)c1ccccn1)C(=O)Nc1nccs1)N(O)C=O. The minimum Gasteiger partial charge on any atom is -0.351 e. The van der Waals surface area contributed by atoms with E-state index in [2.05, 4.69) is 25.9 Å². The van der Waals surface area contributed by atoms with Crippen molar-refractivity contribution in [2.45, 2.75) is 89.6 Å². The van der Waals surface area contributed by atoms with Crippen LogP contribution in [0, 0.1) is 11.8 Å². The number of anilines is 1. The van der Waals surface area contributed by atoms with Crippen LogP contribution >= 0.6 is 11.3 Å². The first-order chi connectivity index (χ1) is 19.9. The Hall–Kier alpha value is -3.38. The third kappa shape index (κ3) is 10.5. The third-order valence-electron chi connectivity index (χ3n) is 7.54. The summed E-state index contributed by atoms with van der Waals surface area (Å²) >= 11 is 1.28. The molecule has 0 radical (unpaired) electrons. The maximum atomic E-state index is 13.8. The van der Waals surface area contributed by atoms with Crippen LogP contribution in [0.15, 0.2) is 36.0 Å². The second kappa shape index (κ2) is 17.4. The number of nitrogens with one attached hydrogen (secondary N) is 3. The lowest BCUT2D eigenvalue weighted by molar-refractivity contribution is -0.170. The standard InChI is InChI=1S/C29H42N6O5S/c1-2-10-25(35(40)20-36)22(19-21-11-4-3-5-12-21)26(37)33-24(28(39)34-29-32-17-18-41-29)14-7-9-16-31-27(38)23-13-6-8-15-30-23/h6,8,13,15,17-18,20-22,24-25,40H,2-5,7,9-12,14,16,19H2,1H3,(H,31,38)(H,33,37)(H,32,34,39)/t22-,24+,25+/m1/s1. The maximum Gasteiger partial charge on any atom is 0.269 e. The Morgan fingerprint density at radius 1 is 1.10 bits per heavy atom. The molecule has 0 aromatic carbocycles. The van der Waals surface area contributed by atoms with Crippen LogP contribution in [0.4, 0.5) is 5.13 Å². The van der Waals surface area contributed by atoms with Crippen LogP contribution in [-0.4, -0.2) is 63.0 Å². The Balaban J connectivity index is 1.67. The molecule has 1 aliphatic rings. The molecule has 2 aromatic heterocycles. The highest BCUT2D eigenvalue weighted by Gasteiger charge is 2.36. The van der Waals surface area contributed by atoms with Crippen LogP contribution in [0.25, 0.3) is 0 Å². The van der Waals surface area contributed by atoms with E-state index in [0.29, 0.717) is 73.3 Å². The highest BCUT2D eigenvalue weighted by Crippen LogP contribution is 2.32. The molecule has 4 N–H and O–H groups in total. The molecular formula is C29H42N6O5S. The molecule has 1 fully saturated rings. The van der Waals surface area contributed by atoms with Crippen molar-refractivity contribution in [1.29, 1.82) is 0 Å². The Kier molecular flexibility index (Phi) is 13.7. The highest BCUT2D eigenvalue weighted by molar-refractivity contribution is 7.13. The number of unbranched alkanes of at least 4 members (excludes halogenated alkanes) is 1. The van der Waals surface area contributed by atoms with E-state index in [1.54, 1.807) is 36.0 Å². The molecule has 224 valence electrons. The van der Waals surface area contributed by atoms with Gasteiger partial charge in [0.15, 0.2) is 5.13 Å². The molecule has 0 bridgehead atoms. The summed E-state index contributed by atoms with van der Waals surface area (Å²) in [5.74, 6) is -1.33. The lowest BCUT2D eigenvalue weighted by Crippen LogP contribution is -2.51. The molecule has 4 amide bonds. The third-order valence-corrected chi connectivity index (χ3v) is 8.23. The molecule has 0 unspecified atom stereocenters. The van der Waals surface area contributed by atoms with Gasteiger partial charge in [0.25, 0.3) is 5.91 Å². The van der Waals surface area contributed by atoms with E-state index < -0.39 is 18.0 Å². The summed E-state index contributed by atoms with van der Waals surface area (Å²) in [4.78, 5) is 59.0. The van der Waals surface area contributed by atoms with Gasteiger partial charge >= 0.3 is 0 Å². The van der Waals surface area contributed by atoms with Crippen molar-refractivity contribution >= 4 is 40.6 Å². The molecule has 3 atom stereocenters. The van der Waals surface area contributed by atoms with Crippen LogP contribution in [0.5, 0.6) is 0 Å². The number of hydrogen-bond acceptors (Lipinski definition) is 8. The first-order valence-electron chi connectivity index (χ1n) is 14.5. The summed E-state index contributed by atoms with van der Waals surface area (Å²) in [6.07, 6.45) is 12.1. The van der Waals surface area contributed by atoms with Gasteiger partial charge in [0, 0.05) is 24.3 Å². The number of hydroxylamine groups is 2. The number of thiazole rings is 1. The predicted octanol–water partition coefficient (Wildman–Crippen LogP) is 4.16. The van der Waals surface area contributed by atoms with Crippen molar-refractivity contribution in [3.63, 3.8) is 0 Å². The molecule has 2 heterocycles. The summed E-state index contributed by atoms with van der Waals surface area (Å²) in [6, 6.07) is 3.59. The number of aromatic nitrogens is 2. The maximum absolute atomic E-state index is 13.8. The smallest absolute Gasteiger partial charge is 0.269 e. The number of carbonyl (C=O) groups excluding carboxylic acids is 4. The summed E-state index contributed by atoms with van der Waals surface area (Å²) < 4.78 is 0. The van der Waals surface area contributed by atoms with Gasteiger partial charge in [0.1, 0.15) is 11.7 Å². The monoisotopic (exact) mass is 586 g/mol. The minimum absolute atomic E-state index is 0.270. The van der Waals surface area contributed by atoms with Crippen molar-refractivity contribution in [3.05, 3.63) is 41.7 Å². The van der Waals surface area contributed by atoms with Crippen molar-refractivity contribution in [1.82, 2.24) is 25.7 Å². The fourth-order valence-corrected chi connectivity index (χ4v) is 5.93. The van der Waals surface area contributed by atoms with Crippen LogP contribution < -0.4 is 16.0 Å². The lowest BCUT2D eigenvalue weighted by atomic mass is 9.79. The number of hydrogen-bond donors (Lipinski definition) is 4. The van der Waals surface area contributed by atoms with Gasteiger partial charge in [-0.05, 0) is 50.2 Å². The normalized spacial score (nSPS) is 15.8. The zero-order valence-corrected chi connectivity index (χ0v) is 24.5. The Morgan fingerprint density at radius 2 is 1.90 bits per heavy atom. The van der Waals surface area contributed by atoms with E-state index in [1.807, 2.05) is 6.92 Å². The topological polar surface area (TPSA) is 154 Å². The van der Waals surface area contributed by atoms with Gasteiger partial charge < -0.3 is 16.0 Å². The van der Waals surface area contributed by atoms with Crippen molar-refractivity contribution in [2.75, 3.05) is 11.9 Å². The molecular weight excluding hydrogens is 544 g/mol. The van der Waals surface area contributed by atoms with E-state index in [0.717, 1.165) is 25.7 Å². The Morgan fingerprint density at radius 3 is 2.56 bits per heavy atom. The molecule has 0 aliphatic heterocycles. The Bertz CT molecular complexity index is 1080. The zero-order chi connectivity index (χ0) is 29.5. The van der Waals surface area contributed by atoms with Crippen LogP contribution in [0.2, 0.25) is 0 Å². The minimum atomic E-state index is -0.850. The molecule has 11 nitrogen and oxygen atoms in total. The van der Waals surface area contributed by atoms with Crippen molar-refractivity contribution < 1.29 is 24.4 Å². The van der Waals surface area contributed by atoms with Gasteiger partial charge in [-0.25, -0.2) is 10.0 Å². The average Bonchev–Trinajstić information content (AvgIpc) is 3.51. The second-order valence-electron chi connectivity index (χ2n) is 10.5. The lowest BCUT2D eigenvalue weighted by Gasteiger charge is -2.34. The van der Waals surface area contributed by atoms with Crippen LogP contribution in [0.3, 0.4) is 0 Å². The molecule has 41 heavy (non-hydrogen) atoms. The van der Waals surface area contributed by atoms with Gasteiger partial charge in [-0.3, -0.25) is 29.4 Å². The van der Waals surface area contributed by atoms with E-state index in [4.69, 9.17) is 0 Å². The largest absolute Gasteiger partial charge is 0.351 e. The number of rotatable bonds is 17. The summed E-state index contributed by atoms with van der Waals surface area (Å²) in [5.41, 5.74) is 0.333. The first-order valence-corrected chi connectivity index (χ1v) is 15.4. The van der Waals surface area contributed by atoms with Gasteiger partial charge in [-0.15, -0.1) is 11.3 Å². The number of pyridine rings is 1. The fourth-order valence-electron chi connectivity index (χ4n) is 5.40. The van der Waals surface area contributed by atoms with E-state index in [9.17, 15) is 24.4 Å².